The number of rotatable bonds is 7. The molecule has 0 unspecified atom stereocenters. The Bertz CT molecular complexity index is 793. The molecule has 0 spiro atoms. The Labute approximate surface area is 165 Å². The van der Waals surface area contributed by atoms with Crippen molar-refractivity contribution in [2.75, 3.05) is 39.3 Å². The predicted molar refractivity (Wildman–Crippen MR) is 102 cm³/mol. The van der Waals surface area contributed by atoms with Crippen LogP contribution in [0.1, 0.15) is 20.3 Å². The predicted octanol–water partition coefficient (Wildman–Crippen LogP) is -0.413. The number of nitrogens with zero attached hydrogens (tertiary/aromatic N) is 1. The zero-order valence-electron chi connectivity index (χ0n) is 16.2. The van der Waals surface area contributed by atoms with Gasteiger partial charge in [0.05, 0.1) is 31.1 Å². The highest BCUT2D eigenvalue weighted by molar-refractivity contribution is 7.89. The third kappa shape index (κ3) is 6.54. The molecule has 0 saturated carbocycles. The Kier molecular flexibility index (Phi) is 7.90. The van der Waals surface area contributed by atoms with E-state index in [0.717, 1.165) is 17.4 Å². The molecule has 10 heteroatoms. The molecule has 0 radical (unpaired) electrons. The Balaban J connectivity index is 1.79. The maximum absolute atomic E-state index is 13.3. The van der Waals surface area contributed by atoms with Crippen LogP contribution in [0.5, 0.6) is 0 Å². The first kappa shape index (κ1) is 22.3. The largest absolute Gasteiger partial charge is 0.338 e. The summed E-state index contributed by atoms with van der Waals surface area (Å²) in [5.41, 5.74) is 0. The van der Waals surface area contributed by atoms with E-state index in [9.17, 15) is 22.4 Å². The van der Waals surface area contributed by atoms with Crippen molar-refractivity contribution in [3.8, 4) is 0 Å². The number of quaternary nitrogens is 1. The minimum atomic E-state index is -3.76. The van der Waals surface area contributed by atoms with Gasteiger partial charge in [-0.05, 0) is 30.5 Å². The van der Waals surface area contributed by atoms with Crippen LogP contribution in [0.15, 0.2) is 29.2 Å². The fourth-order valence-corrected chi connectivity index (χ4v) is 4.39. The quantitative estimate of drug-likeness (QED) is 0.564. The van der Waals surface area contributed by atoms with Crippen LogP contribution >= 0.6 is 0 Å². The third-order valence-corrected chi connectivity index (χ3v) is 6.43. The molecule has 0 aromatic heterocycles. The number of hydrogen-bond donors (Lipinski definition) is 3. The molecule has 156 valence electrons. The monoisotopic (exact) mass is 415 g/mol. The molecule has 1 aromatic rings. The molecule has 0 aliphatic carbocycles. The van der Waals surface area contributed by atoms with E-state index in [1.54, 1.807) is 0 Å². The van der Waals surface area contributed by atoms with Gasteiger partial charge in [-0.2, -0.15) is 4.31 Å². The number of hydrogen-bond acceptors (Lipinski definition) is 4. The summed E-state index contributed by atoms with van der Waals surface area (Å²) < 4.78 is 39.8. The third-order valence-electron chi connectivity index (χ3n) is 4.53. The van der Waals surface area contributed by atoms with Gasteiger partial charge in [0.15, 0.2) is 6.54 Å². The molecule has 28 heavy (non-hydrogen) atoms. The Morgan fingerprint density at radius 2 is 1.93 bits per heavy atom. The van der Waals surface area contributed by atoms with Gasteiger partial charge in [0.2, 0.25) is 10.0 Å². The van der Waals surface area contributed by atoms with Crippen LogP contribution in [-0.2, 0) is 14.8 Å². The van der Waals surface area contributed by atoms with Gasteiger partial charge in [-0.3, -0.25) is 10.1 Å². The van der Waals surface area contributed by atoms with Crippen LogP contribution < -0.4 is 15.5 Å². The molecule has 1 fully saturated rings. The van der Waals surface area contributed by atoms with Crippen LogP contribution in [0.3, 0.4) is 0 Å². The number of amides is 3. The number of benzene rings is 1. The first-order valence-electron chi connectivity index (χ1n) is 9.35. The van der Waals surface area contributed by atoms with Gasteiger partial charge in [0, 0.05) is 6.54 Å². The number of nitrogens with one attached hydrogen (secondary N) is 3. The number of carbonyl (C=O) groups excluding carboxylic acids is 2. The van der Waals surface area contributed by atoms with Crippen molar-refractivity contribution < 1.29 is 27.3 Å². The molecule has 1 saturated heterocycles. The highest BCUT2D eigenvalue weighted by atomic mass is 32.2. The summed E-state index contributed by atoms with van der Waals surface area (Å²) in [5, 5.41) is 4.92. The van der Waals surface area contributed by atoms with E-state index in [-0.39, 0.29) is 24.5 Å². The lowest BCUT2D eigenvalue weighted by atomic mass is 10.1. The molecule has 1 aliphatic rings. The smallest absolute Gasteiger partial charge is 0.321 e. The van der Waals surface area contributed by atoms with Crippen molar-refractivity contribution in [2.45, 2.75) is 25.2 Å². The minimum absolute atomic E-state index is 0.0771. The first-order valence-corrected chi connectivity index (χ1v) is 10.8. The summed E-state index contributed by atoms with van der Waals surface area (Å²) in [7, 11) is -3.76. The molecule has 3 N–H and O–H groups in total. The van der Waals surface area contributed by atoms with Crippen molar-refractivity contribution in [3.63, 3.8) is 0 Å². The average molecular weight is 416 g/mol. The van der Waals surface area contributed by atoms with Gasteiger partial charge >= 0.3 is 6.03 Å². The SMILES string of the molecule is CC(C)CCNC(=O)NC(=O)C[NH+]1CCN(S(=O)(=O)c2cccc(F)c2)CC1. The molecule has 0 atom stereocenters. The van der Waals surface area contributed by atoms with Gasteiger partial charge < -0.3 is 10.2 Å². The second kappa shape index (κ2) is 9.94. The maximum atomic E-state index is 13.3. The molecular weight excluding hydrogens is 387 g/mol. The summed E-state index contributed by atoms with van der Waals surface area (Å²) in [5.74, 6) is -0.549. The first-order chi connectivity index (χ1) is 13.2. The van der Waals surface area contributed by atoms with E-state index in [0.29, 0.717) is 25.6 Å². The summed E-state index contributed by atoms with van der Waals surface area (Å²) in [6.45, 7) is 5.98. The van der Waals surface area contributed by atoms with Crippen molar-refractivity contribution in [2.24, 2.45) is 5.92 Å². The molecule has 1 heterocycles. The maximum Gasteiger partial charge on any atom is 0.321 e. The van der Waals surface area contributed by atoms with Crippen molar-refractivity contribution in [1.82, 2.24) is 14.9 Å². The van der Waals surface area contributed by atoms with E-state index in [1.165, 1.54) is 22.5 Å². The van der Waals surface area contributed by atoms with E-state index < -0.39 is 27.8 Å². The second-order valence-electron chi connectivity index (χ2n) is 7.27. The number of imide groups is 1. The standard InChI is InChI=1S/C18H27FN4O4S/c1-14(2)6-7-20-18(25)21-17(24)13-22-8-10-23(11-9-22)28(26,27)16-5-3-4-15(19)12-16/h3-5,12,14H,6-11,13H2,1-2H3,(H2,20,21,24,25)/p+1. The van der Waals surface area contributed by atoms with Gasteiger partial charge in [-0.25, -0.2) is 17.6 Å². The summed E-state index contributed by atoms with van der Waals surface area (Å²) >= 11 is 0. The summed E-state index contributed by atoms with van der Waals surface area (Å²) in [6.07, 6.45) is 0.828. The second-order valence-corrected chi connectivity index (χ2v) is 9.21. The molecule has 0 bridgehead atoms. The fraction of sp³-hybridized carbons (Fsp3) is 0.556. The van der Waals surface area contributed by atoms with Gasteiger partial charge in [0.1, 0.15) is 5.82 Å². The normalized spacial score (nSPS) is 16.1. The summed E-state index contributed by atoms with van der Waals surface area (Å²) in [6, 6.07) is 4.40. The molecule has 1 aliphatic heterocycles. The fourth-order valence-electron chi connectivity index (χ4n) is 2.91. The Morgan fingerprint density at radius 1 is 1.25 bits per heavy atom. The molecule has 3 amide bonds. The van der Waals surface area contributed by atoms with Crippen molar-refractivity contribution in [1.29, 1.82) is 0 Å². The van der Waals surface area contributed by atoms with Crippen LogP contribution in [-0.4, -0.2) is 63.9 Å². The molecule has 1 aromatic carbocycles. The number of halogens is 1. The lowest BCUT2D eigenvalue weighted by molar-refractivity contribution is -0.895. The van der Waals surface area contributed by atoms with Gasteiger partial charge in [-0.1, -0.05) is 19.9 Å². The topological polar surface area (TPSA) is 100 Å². The lowest BCUT2D eigenvalue weighted by Crippen LogP contribution is -3.15. The van der Waals surface area contributed by atoms with Crippen LogP contribution in [0.2, 0.25) is 0 Å². The van der Waals surface area contributed by atoms with Crippen molar-refractivity contribution in [3.05, 3.63) is 30.1 Å². The lowest BCUT2D eigenvalue weighted by Gasteiger charge is -2.31. The van der Waals surface area contributed by atoms with Crippen LogP contribution in [0.4, 0.5) is 9.18 Å². The van der Waals surface area contributed by atoms with Crippen LogP contribution in [0.25, 0.3) is 0 Å². The highest BCUT2D eigenvalue weighted by Gasteiger charge is 2.31. The number of urea groups is 1. The zero-order valence-corrected chi connectivity index (χ0v) is 17.0. The van der Waals surface area contributed by atoms with E-state index >= 15 is 0 Å². The number of piperazine rings is 1. The van der Waals surface area contributed by atoms with Crippen LogP contribution in [0, 0.1) is 11.7 Å². The Morgan fingerprint density at radius 3 is 2.54 bits per heavy atom. The molecular formula is C18H28FN4O4S+. The average Bonchev–Trinajstić information content (AvgIpc) is 2.61. The minimum Gasteiger partial charge on any atom is -0.338 e. The Hall–Kier alpha value is -2.04. The molecule has 8 nitrogen and oxygen atoms in total. The highest BCUT2D eigenvalue weighted by Crippen LogP contribution is 2.16. The summed E-state index contributed by atoms with van der Waals surface area (Å²) in [4.78, 5) is 24.5. The number of carbonyl (C=O) groups is 2. The zero-order chi connectivity index (χ0) is 20.7. The van der Waals surface area contributed by atoms with Crippen molar-refractivity contribution >= 4 is 22.0 Å². The van der Waals surface area contributed by atoms with E-state index in [4.69, 9.17) is 0 Å². The molecule has 2 rings (SSSR count). The van der Waals surface area contributed by atoms with E-state index in [2.05, 4.69) is 10.6 Å². The van der Waals surface area contributed by atoms with Gasteiger partial charge in [0.25, 0.3) is 5.91 Å². The van der Waals surface area contributed by atoms with Gasteiger partial charge in [-0.15, -0.1) is 0 Å². The van der Waals surface area contributed by atoms with E-state index in [1.807, 2.05) is 13.8 Å². The number of sulfonamides is 1.